The van der Waals surface area contributed by atoms with Gasteiger partial charge in [0.25, 0.3) is 6.47 Å². The van der Waals surface area contributed by atoms with Crippen molar-refractivity contribution in [3.63, 3.8) is 0 Å². The molecular weight excluding hydrogens is 156 g/mol. The number of hydrogen-bond acceptors (Lipinski definition) is 4. The number of aromatic nitrogens is 1. The van der Waals surface area contributed by atoms with Gasteiger partial charge in [0, 0.05) is 18.3 Å². The van der Waals surface area contributed by atoms with Gasteiger partial charge >= 0.3 is 0 Å². The first-order chi connectivity index (χ1) is 5.83. The molecule has 0 radical (unpaired) electrons. The fourth-order valence-corrected chi connectivity index (χ4v) is 0.844. The molecule has 1 heterocycles. The Bertz CT molecular complexity index is 238. The number of rotatable bonds is 4. The monoisotopic (exact) mass is 166 g/mol. The van der Waals surface area contributed by atoms with Crippen molar-refractivity contribution in [2.75, 3.05) is 0 Å². The maximum absolute atomic E-state index is 9.88. The van der Waals surface area contributed by atoms with Crippen molar-refractivity contribution in [1.29, 1.82) is 0 Å². The number of carbonyl (C=O) groups excluding carboxylic acids is 1. The molecule has 0 aromatic carbocycles. The molecule has 0 aliphatic heterocycles. The molecule has 64 valence electrons. The average Bonchev–Trinajstić information content (AvgIpc) is 2.06. The molecule has 1 atom stereocenters. The van der Waals surface area contributed by atoms with E-state index >= 15 is 0 Å². The zero-order valence-corrected chi connectivity index (χ0v) is 6.51. The van der Waals surface area contributed by atoms with Crippen LogP contribution in [0.5, 0.6) is 0 Å². The van der Waals surface area contributed by atoms with Gasteiger partial charge in [-0.15, -0.1) is 0 Å². The van der Waals surface area contributed by atoms with Gasteiger partial charge in [-0.2, -0.15) is 0 Å². The molecular formula is C8H10N2O2. The Kier molecular flexibility index (Phi) is 3.22. The number of hydrogen-bond donors (Lipinski definition) is 1. The molecule has 4 nitrogen and oxygen atoms in total. The summed E-state index contributed by atoms with van der Waals surface area (Å²) in [5.41, 5.74) is 6.23. The Labute approximate surface area is 70.4 Å². The molecule has 0 saturated carbocycles. The summed E-state index contributed by atoms with van der Waals surface area (Å²) in [5, 5.41) is 0. The third-order valence-electron chi connectivity index (χ3n) is 1.37. The highest BCUT2D eigenvalue weighted by molar-refractivity contribution is 5.37. The van der Waals surface area contributed by atoms with E-state index in [1.54, 1.807) is 6.20 Å². The van der Waals surface area contributed by atoms with Crippen molar-refractivity contribution in [2.24, 2.45) is 5.73 Å². The highest BCUT2D eigenvalue weighted by Crippen LogP contribution is 1.97. The Morgan fingerprint density at radius 1 is 1.67 bits per heavy atom. The largest absolute Gasteiger partial charge is 0.449 e. The van der Waals surface area contributed by atoms with Crippen LogP contribution >= 0.6 is 0 Å². The van der Waals surface area contributed by atoms with Gasteiger partial charge in [-0.3, -0.25) is 15.5 Å². The molecule has 0 aliphatic rings. The van der Waals surface area contributed by atoms with Gasteiger partial charge in [-0.1, -0.05) is 6.07 Å². The lowest BCUT2D eigenvalue weighted by Gasteiger charge is -2.07. The van der Waals surface area contributed by atoms with Crippen LogP contribution in [0.3, 0.4) is 0 Å². The van der Waals surface area contributed by atoms with Gasteiger partial charge < -0.3 is 4.74 Å². The predicted octanol–water partition coefficient (Wildman–Crippen LogP) is 0.0819. The number of nitrogens with zero attached hydrogens (tertiary/aromatic N) is 1. The van der Waals surface area contributed by atoms with E-state index in [0.717, 1.165) is 5.69 Å². The van der Waals surface area contributed by atoms with Crippen LogP contribution in [0.25, 0.3) is 0 Å². The Hall–Kier alpha value is -1.42. The summed E-state index contributed by atoms with van der Waals surface area (Å²) in [4.78, 5) is 13.9. The van der Waals surface area contributed by atoms with Gasteiger partial charge in [0.05, 0.1) is 0 Å². The SMILES string of the molecule is NC(Cc1ccccn1)OC=O. The second kappa shape index (κ2) is 4.46. The molecule has 0 spiro atoms. The molecule has 1 rings (SSSR count). The molecule has 1 unspecified atom stereocenters. The molecule has 0 fully saturated rings. The number of ether oxygens (including phenoxy) is 1. The first-order valence-electron chi connectivity index (χ1n) is 3.57. The minimum Gasteiger partial charge on any atom is -0.449 e. The minimum atomic E-state index is -0.600. The number of nitrogens with two attached hydrogens (primary N) is 1. The zero-order chi connectivity index (χ0) is 8.81. The maximum atomic E-state index is 9.88. The molecule has 1 aromatic heterocycles. The van der Waals surface area contributed by atoms with Crippen LogP contribution < -0.4 is 5.73 Å². The molecule has 0 aliphatic carbocycles. The topological polar surface area (TPSA) is 65.2 Å². The summed E-state index contributed by atoms with van der Waals surface area (Å²) in [6.45, 7) is 0.341. The van der Waals surface area contributed by atoms with E-state index in [1.807, 2.05) is 18.2 Å². The summed E-state index contributed by atoms with van der Waals surface area (Å²) < 4.78 is 4.50. The lowest BCUT2D eigenvalue weighted by Crippen LogP contribution is -2.26. The van der Waals surface area contributed by atoms with E-state index in [9.17, 15) is 4.79 Å². The normalized spacial score (nSPS) is 12.1. The van der Waals surface area contributed by atoms with E-state index in [-0.39, 0.29) is 0 Å². The predicted molar refractivity (Wildman–Crippen MR) is 43.1 cm³/mol. The van der Waals surface area contributed by atoms with Crippen molar-refractivity contribution in [3.05, 3.63) is 30.1 Å². The van der Waals surface area contributed by atoms with Crippen molar-refractivity contribution in [2.45, 2.75) is 12.6 Å². The molecule has 2 N–H and O–H groups in total. The maximum Gasteiger partial charge on any atom is 0.294 e. The molecule has 1 aromatic rings. The molecule has 4 heteroatoms. The summed E-state index contributed by atoms with van der Waals surface area (Å²) in [7, 11) is 0. The van der Waals surface area contributed by atoms with Crippen molar-refractivity contribution in [1.82, 2.24) is 4.98 Å². The van der Waals surface area contributed by atoms with Crippen LogP contribution in [-0.4, -0.2) is 17.7 Å². The molecule has 12 heavy (non-hydrogen) atoms. The van der Waals surface area contributed by atoms with E-state index in [0.29, 0.717) is 12.9 Å². The minimum absolute atomic E-state index is 0.341. The van der Waals surface area contributed by atoms with Crippen molar-refractivity contribution in [3.8, 4) is 0 Å². The Balaban J connectivity index is 2.46. The smallest absolute Gasteiger partial charge is 0.294 e. The lowest BCUT2D eigenvalue weighted by molar-refractivity contribution is -0.133. The van der Waals surface area contributed by atoms with Gasteiger partial charge in [-0.05, 0) is 12.1 Å². The molecule has 0 amide bonds. The fourth-order valence-electron chi connectivity index (χ4n) is 0.844. The van der Waals surface area contributed by atoms with Gasteiger partial charge in [0.1, 0.15) is 0 Å². The standard InChI is InChI=1S/C8H10N2O2/c9-8(12-6-11)5-7-3-1-2-4-10-7/h1-4,6,8H,5,9H2. The van der Waals surface area contributed by atoms with Gasteiger partial charge in [0.15, 0.2) is 6.23 Å². The van der Waals surface area contributed by atoms with Gasteiger partial charge in [-0.25, -0.2) is 0 Å². The van der Waals surface area contributed by atoms with E-state index in [2.05, 4.69) is 9.72 Å². The van der Waals surface area contributed by atoms with Crippen LogP contribution in [0.15, 0.2) is 24.4 Å². The second-order valence-corrected chi connectivity index (χ2v) is 2.30. The highest BCUT2D eigenvalue weighted by Gasteiger charge is 2.03. The Morgan fingerprint density at radius 2 is 2.50 bits per heavy atom. The fraction of sp³-hybridized carbons (Fsp3) is 0.250. The number of pyridine rings is 1. The summed E-state index contributed by atoms with van der Waals surface area (Å²) >= 11 is 0. The Morgan fingerprint density at radius 3 is 3.08 bits per heavy atom. The van der Waals surface area contributed by atoms with Crippen LogP contribution in [0, 0.1) is 0 Å². The van der Waals surface area contributed by atoms with E-state index < -0.39 is 6.23 Å². The lowest BCUT2D eigenvalue weighted by atomic mass is 10.2. The zero-order valence-electron chi connectivity index (χ0n) is 6.51. The van der Waals surface area contributed by atoms with Crippen LogP contribution in [0.4, 0.5) is 0 Å². The van der Waals surface area contributed by atoms with E-state index in [1.165, 1.54) is 0 Å². The summed E-state index contributed by atoms with van der Waals surface area (Å²) in [5.74, 6) is 0. The summed E-state index contributed by atoms with van der Waals surface area (Å²) in [6.07, 6.45) is 1.51. The quantitative estimate of drug-likeness (QED) is 0.508. The second-order valence-electron chi connectivity index (χ2n) is 2.30. The van der Waals surface area contributed by atoms with Crippen LogP contribution in [0.2, 0.25) is 0 Å². The van der Waals surface area contributed by atoms with Crippen molar-refractivity contribution >= 4 is 6.47 Å². The third-order valence-corrected chi connectivity index (χ3v) is 1.37. The number of carbonyl (C=O) groups is 1. The molecule has 0 saturated heterocycles. The van der Waals surface area contributed by atoms with E-state index in [4.69, 9.17) is 5.73 Å². The van der Waals surface area contributed by atoms with Crippen molar-refractivity contribution < 1.29 is 9.53 Å². The van der Waals surface area contributed by atoms with Gasteiger partial charge in [0.2, 0.25) is 0 Å². The highest BCUT2D eigenvalue weighted by atomic mass is 16.5. The summed E-state index contributed by atoms with van der Waals surface area (Å²) in [6, 6.07) is 5.50. The third kappa shape index (κ3) is 2.67. The van der Waals surface area contributed by atoms with Crippen LogP contribution in [0.1, 0.15) is 5.69 Å². The first-order valence-corrected chi connectivity index (χ1v) is 3.57. The average molecular weight is 166 g/mol. The van der Waals surface area contributed by atoms with Crippen LogP contribution in [-0.2, 0) is 16.0 Å². The molecule has 0 bridgehead atoms. The first kappa shape index (κ1) is 8.67.